The topological polar surface area (TPSA) is 125 Å². The first kappa shape index (κ1) is 23.3. The molecule has 1 fully saturated rings. The van der Waals surface area contributed by atoms with Crippen LogP contribution in [0, 0.1) is 0 Å². The standard InChI is InChI=1S/C25H27N3O6/c1-15(29)26-16-10-11-28(13-16)24(32)22(12-23(30)31)27-25(33)34-14-21-19-8-4-2-6-17(19)18-7-3-5-9-20(18)21/h2-9,16,21-22H,10-14H2,1H3,(H,26,29)(H,27,33)(H,30,31). The number of nitrogens with one attached hydrogen (secondary N) is 2. The molecule has 9 heteroatoms. The molecule has 1 aliphatic heterocycles. The van der Waals surface area contributed by atoms with E-state index in [-0.39, 0.29) is 31.0 Å². The van der Waals surface area contributed by atoms with E-state index in [2.05, 4.69) is 10.6 Å². The lowest BCUT2D eigenvalue weighted by molar-refractivity contribution is -0.142. The molecule has 2 unspecified atom stereocenters. The highest BCUT2D eigenvalue weighted by Crippen LogP contribution is 2.44. The quantitative estimate of drug-likeness (QED) is 0.575. The van der Waals surface area contributed by atoms with Crippen molar-refractivity contribution in [3.05, 3.63) is 59.7 Å². The summed E-state index contributed by atoms with van der Waals surface area (Å²) >= 11 is 0. The number of aliphatic carboxylic acids is 1. The number of hydrogen-bond acceptors (Lipinski definition) is 5. The van der Waals surface area contributed by atoms with Crippen molar-refractivity contribution < 1.29 is 29.0 Å². The maximum absolute atomic E-state index is 12.9. The second kappa shape index (κ2) is 9.94. The molecule has 3 amide bonds. The van der Waals surface area contributed by atoms with Gasteiger partial charge < -0.3 is 25.4 Å². The number of alkyl carbamates (subject to hydrolysis) is 1. The van der Waals surface area contributed by atoms with Crippen molar-refractivity contribution in [3.8, 4) is 11.1 Å². The van der Waals surface area contributed by atoms with E-state index in [0.717, 1.165) is 22.3 Å². The number of carboxylic acids is 1. The number of hydrogen-bond donors (Lipinski definition) is 3. The zero-order valence-corrected chi connectivity index (χ0v) is 18.8. The first-order valence-electron chi connectivity index (χ1n) is 11.2. The number of fused-ring (bicyclic) bond motifs is 3. The Morgan fingerprint density at radius 2 is 1.68 bits per heavy atom. The van der Waals surface area contributed by atoms with Crippen LogP contribution in [0.15, 0.2) is 48.5 Å². The number of carbonyl (C=O) groups is 4. The summed E-state index contributed by atoms with van der Waals surface area (Å²) in [6.45, 7) is 2.09. The normalized spacial score (nSPS) is 17.4. The third kappa shape index (κ3) is 5.03. The zero-order chi connectivity index (χ0) is 24.2. The summed E-state index contributed by atoms with van der Waals surface area (Å²) in [6.07, 6.45) is -0.848. The maximum Gasteiger partial charge on any atom is 0.407 e. The molecule has 0 radical (unpaired) electrons. The fourth-order valence-corrected chi connectivity index (χ4v) is 4.74. The van der Waals surface area contributed by atoms with Crippen molar-refractivity contribution in [2.45, 2.75) is 37.8 Å². The molecule has 2 atom stereocenters. The second-order valence-corrected chi connectivity index (χ2v) is 8.59. The smallest absolute Gasteiger partial charge is 0.407 e. The number of nitrogens with zero attached hydrogens (tertiary/aromatic N) is 1. The van der Waals surface area contributed by atoms with E-state index < -0.39 is 30.4 Å². The third-order valence-electron chi connectivity index (χ3n) is 6.22. The van der Waals surface area contributed by atoms with E-state index in [9.17, 15) is 24.3 Å². The highest BCUT2D eigenvalue weighted by atomic mass is 16.5. The summed E-state index contributed by atoms with van der Waals surface area (Å²) in [5.74, 6) is -2.07. The van der Waals surface area contributed by atoms with Gasteiger partial charge in [-0.15, -0.1) is 0 Å². The van der Waals surface area contributed by atoms with Gasteiger partial charge in [-0.3, -0.25) is 14.4 Å². The number of amides is 3. The van der Waals surface area contributed by atoms with Crippen LogP contribution >= 0.6 is 0 Å². The lowest BCUT2D eigenvalue weighted by Gasteiger charge is -2.23. The summed E-state index contributed by atoms with van der Waals surface area (Å²) in [5, 5.41) is 14.4. The molecular formula is C25H27N3O6. The predicted octanol–water partition coefficient (Wildman–Crippen LogP) is 2.11. The van der Waals surface area contributed by atoms with Crippen LogP contribution < -0.4 is 10.6 Å². The first-order chi connectivity index (χ1) is 16.3. The summed E-state index contributed by atoms with van der Waals surface area (Å²) < 4.78 is 5.47. The van der Waals surface area contributed by atoms with Gasteiger partial charge in [0, 0.05) is 32.0 Å². The van der Waals surface area contributed by atoms with Gasteiger partial charge in [0.05, 0.1) is 6.42 Å². The largest absolute Gasteiger partial charge is 0.481 e. The van der Waals surface area contributed by atoms with E-state index in [1.807, 2.05) is 48.5 Å². The summed E-state index contributed by atoms with van der Waals surface area (Å²) in [5.41, 5.74) is 4.29. The fraction of sp³-hybridized carbons (Fsp3) is 0.360. The number of carboxylic acid groups (broad SMARTS) is 1. The van der Waals surface area contributed by atoms with Crippen LogP contribution in [0.1, 0.15) is 36.8 Å². The second-order valence-electron chi connectivity index (χ2n) is 8.59. The van der Waals surface area contributed by atoms with Crippen molar-refractivity contribution in [1.29, 1.82) is 0 Å². The summed E-state index contributed by atoms with van der Waals surface area (Å²) in [6, 6.07) is 14.4. The number of benzene rings is 2. The van der Waals surface area contributed by atoms with Gasteiger partial charge in [-0.1, -0.05) is 48.5 Å². The molecule has 0 saturated carbocycles. The Kier molecular flexibility index (Phi) is 6.81. The molecule has 0 spiro atoms. The van der Waals surface area contributed by atoms with Crippen molar-refractivity contribution in [1.82, 2.24) is 15.5 Å². The van der Waals surface area contributed by atoms with E-state index in [4.69, 9.17) is 4.74 Å². The average molecular weight is 466 g/mol. The molecule has 9 nitrogen and oxygen atoms in total. The van der Waals surface area contributed by atoms with Gasteiger partial charge in [-0.05, 0) is 28.7 Å². The van der Waals surface area contributed by atoms with Crippen molar-refractivity contribution in [2.75, 3.05) is 19.7 Å². The lowest BCUT2D eigenvalue weighted by Crippen LogP contribution is -2.50. The molecule has 1 heterocycles. The van der Waals surface area contributed by atoms with Gasteiger partial charge in [0.2, 0.25) is 11.8 Å². The molecule has 2 aromatic carbocycles. The fourth-order valence-electron chi connectivity index (χ4n) is 4.74. The Hall–Kier alpha value is -3.88. The third-order valence-corrected chi connectivity index (χ3v) is 6.22. The van der Waals surface area contributed by atoms with Crippen molar-refractivity contribution in [2.24, 2.45) is 0 Å². The van der Waals surface area contributed by atoms with Crippen LogP contribution in [-0.2, 0) is 19.1 Å². The summed E-state index contributed by atoms with van der Waals surface area (Å²) in [7, 11) is 0. The van der Waals surface area contributed by atoms with Gasteiger partial charge in [0.25, 0.3) is 0 Å². The first-order valence-corrected chi connectivity index (χ1v) is 11.2. The van der Waals surface area contributed by atoms with Crippen molar-refractivity contribution >= 4 is 23.9 Å². The lowest BCUT2D eigenvalue weighted by atomic mass is 9.98. The van der Waals surface area contributed by atoms with E-state index in [0.29, 0.717) is 13.0 Å². The number of likely N-dealkylation sites (tertiary alicyclic amines) is 1. The Morgan fingerprint density at radius 3 is 2.26 bits per heavy atom. The van der Waals surface area contributed by atoms with Gasteiger partial charge in [-0.25, -0.2) is 4.79 Å². The highest BCUT2D eigenvalue weighted by Gasteiger charge is 2.34. The molecule has 2 aliphatic rings. The van der Waals surface area contributed by atoms with Crippen LogP contribution in [0.3, 0.4) is 0 Å². The SMILES string of the molecule is CC(=O)NC1CCN(C(=O)C(CC(=O)O)NC(=O)OCC2c3ccccc3-c3ccccc32)C1. The number of ether oxygens (including phenoxy) is 1. The summed E-state index contributed by atoms with van der Waals surface area (Å²) in [4.78, 5) is 49.6. The molecule has 178 valence electrons. The monoisotopic (exact) mass is 465 g/mol. The van der Waals surface area contributed by atoms with E-state index >= 15 is 0 Å². The minimum absolute atomic E-state index is 0.0577. The van der Waals surface area contributed by atoms with Gasteiger partial charge >= 0.3 is 12.1 Å². The van der Waals surface area contributed by atoms with E-state index in [1.54, 1.807) is 0 Å². The number of carbonyl (C=O) groups excluding carboxylic acids is 3. The van der Waals surface area contributed by atoms with Gasteiger partial charge in [-0.2, -0.15) is 0 Å². The number of rotatable bonds is 7. The van der Waals surface area contributed by atoms with Gasteiger partial charge in [0.15, 0.2) is 0 Å². The van der Waals surface area contributed by atoms with E-state index in [1.165, 1.54) is 11.8 Å². The molecule has 1 aliphatic carbocycles. The molecule has 34 heavy (non-hydrogen) atoms. The molecule has 4 rings (SSSR count). The average Bonchev–Trinajstić information content (AvgIpc) is 3.38. The maximum atomic E-state index is 12.9. The minimum atomic E-state index is -1.26. The highest BCUT2D eigenvalue weighted by molar-refractivity contribution is 5.89. The Balaban J connectivity index is 1.40. The Bertz CT molecular complexity index is 1070. The van der Waals surface area contributed by atoms with Crippen LogP contribution in [-0.4, -0.2) is 65.7 Å². The van der Waals surface area contributed by atoms with Crippen LogP contribution in [0.5, 0.6) is 0 Å². The van der Waals surface area contributed by atoms with Crippen LogP contribution in [0.25, 0.3) is 11.1 Å². The zero-order valence-electron chi connectivity index (χ0n) is 18.8. The molecular weight excluding hydrogens is 438 g/mol. The Morgan fingerprint density at radius 1 is 1.06 bits per heavy atom. The molecule has 0 aromatic heterocycles. The van der Waals surface area contributed by atoms with Crippen LogP contribution in [0.2, 0.25) is 0 Å². The Labute approximate surface area is 197 Å². The van der Waals surface area contributed by atoms with Gasteiger partial charge in [0.1, 0.15) is 12.6 Å². The molecule has 2 aromatic rings. The molecule has 3 N–H and O–H groups in total. The molecule has 1 saturated heterocycles. The van der Waals surface area contributed by atoms with Crippen molar-refractivity contribution in [3.63, 3.8) is 0 Å². The van der Waals surface area contributed by atoms with Crippen LogP contribution in [0.4, 0.5) is 4.79 Å². The predicted molar refractivity (Wildman–Crippen MR) is 123 cm³/mol. The minimum Gasteiger partial charge on any atom is -0.481 e. The molecule has 0 bridgehead atoms.